The van der Waals surface area contributed by atoms with Gasteiger partial charge in [0.15, 0.2) is 0 Å². The quantitative estimate of drug-likeness (QED) is 0.598. The first-order valence-electron chi connectivity index (χ1n) is 5.88. The summed E-state index contributed by atoms with van der Waals surface area (Å²) in [7, 11) is 0. The van der Waals surface area contributed by atoms with Gasteiger partial charge in [0.05, 0.1) is 21.5 Å². The average Bonchev–Trinajstić information content (AvgIpc) is 2.42. The number of carbonyl (C=O) groups excluding carboxylic acids is 1. The van der Waals surface area contributed by atoms with Crippen LogP contribution in [-0.4, -0.2) is 11.7 Å². The molecule has 0 aliphatic heterocycles. The summed E-state index contributed by atoms with van der Waals surface area (Å²) >= 11 is 19.2. The molecular formula is C14H11Cl3N2OS. The van der Waals surface area contributed by atoms with E-state index in [-0.39, 0.29) is 11.7 Å². The molecule has 0 atom stereocenters. The Kier molecular flexibility index (Phi) is 5.65. The van der Waals surface area contributed by atoms with E-state index in [1.54, 1.807) is 36.4 Å². The van der Waals surface area contributed by atoms with E-state index in [9.17, 15) is 4.79 Å². The Bertz CT molecular complexity index is 679. The van der Waals surface area contributed by atoms with Crippen LogP contribution in [-0.2, 0) is 4.79 Å². The van der Waals surface area contributed by atoms with Gasteiger partial charge in [0.2, 0.25) is 5.91 Å². The molecule has 0 aromatic heterocycles. The van der Waals surface area contributed by atoms with Crippen molar-refractivity contribution < 1.29 is 4.79 Å². The van der Waals surface area contributed by atoms with Gasteiger partial charge < -0.3 is 11.1 Å². The van der Waals surface area contributed by atoms with Gasteiger partial charge in [-0.2, -0.15) is 0 Å². The molecule has 7 heteroatoms. The van der Waals surface area contributed by atoms with Crippen LogP contribution in [0.1, 0.15) is 0 Å². The van der Waals surface area contributed by atoms with E-state index in [1.807, 2.05) is 0 Å². The van der Waals surface area contributed by atoms with Crippen LogP contribution < -0.4 is 11.1 Å². The zero-order valence-electron chi connectivity index (χ0n) is 10.7. The van der Waals surface area contributed by atoms with Crippen molar-refractivity contribution in [1.29, 1.82) is 0 Å². The largest absolute Gasteiger partial charge is 0.399 e. The maximum absolute atomic E-state index is 11.9. The van der Waals surface area contributed by atoms with Gasteiger partial charge in [-0.05, 0) is 36.4 Å². The van der Waals surface area contributed by atoms with Crippen molar-refractivity contribution in [1.82, 2.24) is 0 Å². The number of anilines is 2. The predicted octanol–water partition coefficient (Wildman–Crippen LogP) is 4.96. The summed E-state index contributed by atoms with van der Waals surface area (Å²) in [6.45, 7) is 0. The van der Waals surface area contributed by atoms with Crippen molar-refractivity contribution in [3.05, 3.63) is 51.5 Å². The molecular weight excluding hydrogens is 351 g/mol. The first kappa shape index (κ1) is 16.3. The number of halogens is 3. The van der Waals surface area contributed by atoms with Crippen molar-refractivity contribution in [3.63, 3.8) is 0 Å². The van der Waals surface area contributed by atoms with Crippen molar-refractivity contribution in [2.45, 2.75) is 4.90 Å². The third-order valence-electron chi connectivity index (χ3n) is 2.52. The van der Waals surface area contributed by atoms with Gasteiger partial charge in [-0.25, -0.2) is 0 Å². The maximum atomic E-state index is 11.9. The summed E-state index contributed by atoms with van der Waals surface area (Å²) in [5.74, 6) is 0.00371. The first-order valence-corrected chi connectivity index (χ1v) is 8.00. The number of thioether (sulfide) groups is 1. The van der Waals surface area contributed by atoms with Crippen LogP contribution in [0, 0.1) is 0 Å². The fourth-order valence-corrected chi connectivity index (χ4v) is 2.97. The van der Waals surface area contributed by atoms with Gasteiger partial charge in [0, 0.05) is 15.6 Å². The first-order chi connectivity index (χ1) is 9.95. The summed E-state index contributed by atoms with van der Waals surface area (Å²) in [6, 6.07) is 10.0. The summed E-state index contributed by atoms with van der Waals surface area (Å²) in [5, 5.41) is 4.17. The second-order valence-corrected chi connectivity index (χ2v) is 6.42. The SMILES string of the molecule is Nc1ccc(SCC(=O)Nc2cc(Cl)ccc2Cl)c(Cl)c1. The maximum Gasteiger partial charge on any atom is 0.234 e. The van der Waals surface area contributed by atoms with E-state index in [0.717, 1.165) is 4.90 Å². The highest BCUT2D eigenvalue weighted by Crippen LogP contribution is 2.29. The molecule has 2 aromatic carbocycles. The number of nitrogens with one attached hydrogen (secondary N) is 1. The van der Waals surface area contributed by atoms with E-state index in [0.29, 0.717) is 26.4 Å². The summed E-state index contributed by atoms with van der Waals surface area (Å²) in [6.07, 6.45) is 0. The number of rotatable bonds is 4. The number of carbonyl (C=O) groups is 1. The van der Waals surface area contributed by atoms with E-state index in [1.165, 1.54) is 11.8 Å². The van der Waals surface area contributed by atoms with Crippen LogP contribution in [0.25, 0.3) is 0 Å². The van der Waals surface area contributed by atoms with E-state index < -0.39 is 0 Å². The Labute approximate surface area is 141 Å². The molecule has 0 fully saturated rings. The standard InChI is InChI=1S/C14H11Cl3N2OS/c15-8-1-3-10(16)12(5-8)19-14(20)7-21-13-4-2-9(18)6-11(13)17/h1-6H,7,18H2,(H,19,20). The topological polar surface area (TPSA) is 55.1 Å². The molecule has 0 spiro atoms. The average molecular weight is 362 g/mol. The number of nitrogens with two attached hydrogens (primary N) is 1. The monoisotopic (exact) mass is 360 g/mol. The van der Waals surface area contributed by atoms with Crippen LogP contribution in [0.2, 0.25) is 15.1 Å². The van der Waals surface area contributed by atoms with Crippen molar-refractivity contribution in [2.75, 3.05) is 16.8 Å². The molecule has 0 radical (unpaired) electrons. The highest BCUT2D eigenvalue weighted by Gasteiger charge is 2.09. The number of benzene rings is 2. The van der Waals surface area contributed by atoms with Gasteiger partial charge >= 0.3 is 0 Å². The van der Waals surface area contributed by atoms with Gasteiger partial charge in [0.25, 0.3) is 0 Å². The van der Waals surface area contributed by atoms with E-state index >= 15 is 0 Å². The molecule has 2 aromatic rings. The van der Waals surface area contributed by atoms with E-state index in [4.69, 9.17) is 40.5 Å². The Morgan fingerprint density at radius 3 is 2.57 bits per heavy atom. The van der Waals surface area contributed by atoms with Gasteiger partial charge in [-0.1, -0.05) is 34.8 Å². The lowest BCUT2D eigenvalue weighted by molar-refractivity contribution is -0.113. The molecule has 1 amide bonds. The van der Waals surface area contributed by atoms with Crippen LogP contribution in [0.4, 0.5) is 11.4 Å². The van der Waals surface area contributed by atoms with Crippen LogP contribution in [0.15, 0.2) is 41.3 Å². The van der Waals surface area contributed by atoms with Crippen molar-refractivity contribution >= 4 is 63.8 Å². The molecule has 0 heterocycles. The zero-order valence-corrected chi connectivity index (χ0v) is 13.8. The van der Waals surface area contributed by atoms with Crippen molar-refractivity contribution in [2.24, 2.45) is 0 Å². The van der Waals surface area contributed by atoms with Gasteiger partial charge in [0.1, 0.15) is 0 Å². The Hall–Kier alpha value is -1.07. The fraction of sp³-hybridized carbons (Fsp3) is 0.0714. The predicted molar refractivity (Wildman–Crippen MR) is 91.7 cm³/mol. The molecule has 0 saturated heterocycles. The Morgan fingerprint density at radius 1 is 1.10 bits per heavy atom. The normalized spacial score (nSPS) is 10.4. The number of amides is 1. The second-order valence-electron chi connectivity index (χ2n) is 4.15. The molecule has 2 rings (SSSR count). The highest BCUT2D eigenvalue weighted by atomic mass is 35.5. The number of nitrogen functional groups attached to an aromatic ring is 1. The molecule has 0 aliphatic rings. The van der Waals surface area contributed by atoms with Gasteiger partial charge in [-0.3, -0.25) is 4.79 Å². The molecule has 110 valence electrons. The fourth-order valence-electron chi connectivity index (χ4n) is 1.56. The molecule has 3 N–H and O–H groups in total. The third-order valence-corrected chi connectivity index (χ3v) is 4.58. The summed E-state index contributed by atoms with van der Waals surface area (Å²) < 4.78 is 0. The summed E-state index contributed by atoms with van der Waals surface area (Å²) in [5.41, 5.74) is 6.68. The minimum Gasteiger partial charge on any atom is -0.399 e. The molecule has 0 saturated carbocycles. The number of hydrogen-bond donors (Lipinski definition) is 2. The smallest absolute Gasteiger partial charge is 0.234 e. The lowest BCUT2D eigenvalue weighted by Crippen LogP contribution is -2.14. The lowest BCUT2D eigenvalue weighted by atomic mass is 10.3. The third kappa shape index (κ3) is 4.71. The van der Waals surface area contributed by atoms with Crippen LogP contribution in [0.3, 0.4) is 0 Å². The lowest BCUT2D eigenvalue weighted by Gasteiger charge is -2.08. The van der Waals surface area contributed by atoms with Crippen LogP contribution in [0.5, 0.6) is 0 Å². The molecule has 21 heavy (non-hydrogen) atoms. The van der Waals surface area contributed by atoms with E-state index in [2.05, 4.69) is 5.32 Å². The summed E-state index contributed by atoms with van der Waals surface area (Å²) in [4.78, 5) is 12.7. The van der Waals surface area contributed by atoms with Crippen molar-refractivity contribution in [3.8, 4) is 0 Å². The molecule has 0 bridgehead atoms. The van der Waals surface area contributed by atoms with Gasteiger partial charge in [-0.15, -0.1) is 11.8 Å². The number of hydrogen-bond acceptors (Lipinski definition) is 3. The minimum absolute atomic E-state index is 0.197. The highest BCUT2D eigenvalue weighted by molar-refractivity contribution is 8.00. The minimum atomic E-state index is -0.197. The molecule has 0 unspecified atom stereocenters. The van der Waals surface area contributed by atoms with Crippen LogP contribution >= 0.6 is 46.6 Å². The molecule has 0 aliphatic carbocycles. The zero-order chi connectivity index (χ0) is 15.4. The molecule has 3 nitrogen and oxygen atoms in total. The Balaban J connectivity index is 1.97. The Morgan fingerprint density at radius 2 is 1.86 bits per heavy atom. The second kappa shape index (κ2) is 7.27.